The van der Waals surface area contributed by atoms with Gasteiger partial charge in [-0.15, -0.1) is 0 Å². The summed E-state index contributed by atoms with van der Waals surface area (Å²) in [6.07, 6.45) is 4.32. The molecule has 27 heavy (non-hydrogen) atoms. The lowest BCUT2D eigenvalue weighted by Gasteiger charge is -2.07. The van der Waals surface area contributed by atoms with Gasteiger partial charge in [0.2, 0.25) is 5.91 Å². The summed E-state index contributed by atoms with van der Waals surface area (Å²) in [5.74, 6) is 1.10. The Morgan fingerprint density at radius 1 is 1.11 bits per heavy atom. The number of nitrogens with zero attached hydrogens (tertiary/aromatic N) is 2. The van der Waals surface area contributed by atoms with E-state index < -0.39 is 0 Å². The van der Waals surface area contributed by atoms with E-state index in [1.165, 1.54) is 0 Å². The van der Waals surface area contributed by atoms with E-state index in [4.69, 9.17) is 9.47 Å². The van der Waals surface area contributed by atoms with Crippen LogP contribution >= 0.6 is 0 Å². The van der Waals surface area contributed by atoms with Crippen molar-refractivity contribution in [3.63, 3.8) is 0 Å². The molecule has 0 spiro atoms. The van der Waals surface area contributed by atoms with Gasteiger partial charge in [-0.25, -0.2) is 5.43 Å². The molecule has 0 fully saturated rings. The Hall–Kier alpha value is -3.41. The summed E-state index contributed by atoms with van der Waals surface area (Å²) in [5, 5.41) is 5.07. The zero-order valence-electron chi connectivity index (χ0n) is 15.3. The number of hydrazone groups is 1. The summed E-state index contributed by atoms with van der Waals surface area (Å²) in [7, 11) is 3.15. The number of benzene rings is 2. The Balaban J connectivity index is 1.53. The number of ether oxygens (including phenoxy) is 2. The van der Waals surface area contributed by atoms with Gasteiger partial charge in [-0.3, -0.25) is 9.78 Å². The number of nitrogens with one attached hydrogen (secondary N) is 1. The highest BCUT2D eigenvalue weighted by molar-refractivity contribution is 5.83. The highest BCUT2D eigenvalue weighted by Gasteiger charge is 2.04. The summed E-state index contributed by atoms with van der Waals surface area (Å²) in [6, 6.07) is 15.4. The average Bonchev–Trinajstić information content (AvgIpc) is 2.72. The number of aromatic nitrogens is 1. The number of hydrogen-bond donors (Lipinski definition) is 1. The Morgan fingerprint density at radius 3 is 2.74 bits per heavy atom. The topological polar surface area (TPSA) is 72.8 Å². The minimum absolute atomic E-state index is 0.153. The van der Waals surface area contributed by atoms with Crippen LogP contribution in [0.2, 0.25) is 0 Å². The van der Waals surface area contributed by atoms with E-state index in [1.807, 2.05) is 36.5 Å². The number of pyridine rings is 1. The van der Waals surface area contributed by atoms with Crippen molar-refractivity contribution in [2.24, 2.45) is 5.10 Å². The highest BCUT2D eigenvalue weighted by Crippen LogP contribution is 2.26. The maximum atomic E-state index is 12.0. The number of rotatable bonds is 7. The number of para-hydroxylation sites is 1. The molecule has 3 aromatic rings. The third-order valence-corrected chi connectivity index (χ3v) is 4.10. The average molecular weight is 363 g/mol. The van der Waals surface area contributed by atoms with Gasteiger partial charge >= 0.3 is 0 Å². The van der Waals surface area contributed by atoms with Crippen LogP contribution in [0.15, 0.2) is 59.8 Å². The van der Waals surface area contributed by atoms with Gasteiger partial charge in [0.05, 0.1) is 26.0 Å². The van der Waals surface area contributed by atoms with Crippen molar-refractivity contribution in [3.05, 3.63) is 65.9 Å². The van der Waals surface area contributed by atoms with Gasteiger partial charge in [-0.05, 0) is 47.9 Å². The van der Waals surface area contributed by atoms with Crippen LogP contribution < -0.4 is 14.9 Å². The summed E-state index contributed by atoms with van der Waals surface area (Å²) >= 11 is 0. The van der Waals surface area contributed by atoms with Gasteiger partial charge in [0.25, 0.3) is 0 Å². The smallest absolute Gasteiger partial charge is 0.240 e. The number of amides is 1. The van der Waals surface area contributed by atoms with Crippen LogP contribution in [-0.2, 0) is 11.2 Å². The molecule has 3 rings (SSSR count). The van der Waals surface area contributed by atoms with E-state index in [2.05, 4.69) is 21.6 Å². The molecule has 138 valence electrons. The molecule has 0 aliphatic heterocycles. The molecule has 6 nitrogen and oxygen atoms in total. The second-order valence-electron chi connectivity index (χ2n) is 5.94. The van der Waals surface area contributed by atoms with Crippen molar-refractivity contribution in [3.8, 4) is 11.5 Å². The molecule has 0 aliphatic rings. The van der Waals surface area contributed by atoms with E-state index in [0.717, 1.165) is 22.0 Å². The highest BCUT2D eigenvalue weighted by atomic mass is 16.5. The predicted molar refractivity (Wildman–Crippen MR) is 105 cm³/mol. The Kier molecular flexibility index (Phi) is 5.99. The van der Waals surface area contributed by atoms with Crippen molar-refractivity contribution in [1.29, 1.82) is 0 Å². The molecule has 0 bridgehead atoms. The zero-order valence-corrected chi connectivity index (χ0v) is 15.3. The first-order valence-electron chi connectivity index (χ1n) is 8.57. The van der Waals surface area contributed by atoms with Crippen LogP contribution in [0.25, 0.3) is 10.9 Å². The van der Waals surface area contributed by atoms with Gasteiger partial charge in [0.15, 0.2) is 11.5 Å². The number of carbonyl (C=O) groups is 1. The molecule has 0 saturated carbocycles. The SMILES string of the molecule is COc1ccc(/C=N\NC(=O)CCc2cnc3ccccc3c2)cc1OC. The minimum Gasteiger partial charge on any atom is -0.493 e. The van der Waals surface area contributed by atoms with Gasteiger partial charge in [-0.1, -0.05) is 18.2 Å². The van der Waals surface area contributed by atoms with Crippen LogP contribution in [0, 0.1) is 0 Å². The van der Waals surface area contributed by atoms with Crippen molar-refractivity contribution in [2.75, 3.05) is 14.2 Å². The molecule has 1 N–H and O–H groups in total. The normalized spacial score (nSPS) is 10.9. The fraction of sp³-hybridized carbons (Fsp3) is 0.190. The number of aryl methyl sites for hydroxylation is 1. The lowest BCUT2D eigenvalue weighted by molar-refractivity contribution is -0.121. The Labute approximate surface area is 157 Å². The van der Waals surface area contributed by atoms with E-state index in [0.29, 0.717) is 24.3 Å². The first-order chi connectivity index (χ1) is 13.2. The van der Waals surface area contributed by atoms with Crippen LogP contribution in [0.3, 0.4) is 0 Å². The summed E-state index contributed by atoms with van der Waals surface area (Å²) in [6.45, 7) is 0. The van der Waals surface area contributed by atoms with Gasteiger partial charge in [0.1, 0.15) is 0 Å². The van der Waals surface area contributed by atoms with Crippen molar-refractivity contribution in [1.82, 2.24) is 10.4 Å². The number of fused-ring (bicyclic) bond motifs is 1. The second-order valence-corrected chi connectivity index (χ2v) is 5.94. The lowest BCUT2D eigenvalue weighted by atomic mass is 10.1. The monoisotopic (exact) mass is 363 g/mol. The number of methoxy groups -OCH3 is 2. The molecular formula is C21H21N3O3. The zero-order chi connectivity index (χ0) is 19.1. The van der Waals surface area contributed by atoms with Crippen LogP contribution in [0.1, 0.15) is 17.5 Å². The van der Waals surface area contributed by atoms with E-state index in [1.54, 1.807) is 32.6 Å². The molecule has 0 saturated heterocycles. The fourth-order valence-electron chi connectivity index (χ4n) is 2.68. The molecule has 0 unspecified atom stereocenters. The van der Waals surface area contributed by atoms with Crippen LogP contribution in [0.4, 0.5) is 0 Å². The summed E-state index contributed by atoms with van der Waals surface area (Å²) in [5.41, 5.74) is 5.31. The maximum absolute atomic E-state index is 12.0. The maximum Gasteiger partial charge on any atom is 0.240 e. The van der Waals surface area contributed by atoms with Crippen LogP contribution in [-0.4, -0.2) is 31.3 Å². The Bertz CT molecular complexity index is 970. The van der Waals surface area contributed by atoms with Gasteiger partial charge in [0, 0.05) is 18.0 Å². The quantitative estimate of drug-likeness (QED) is 0.516. The lowest BCUT2D eigenvalue weighted by Crippen LogP contribution is -2.17. The number of hydrogen-bond acceptors (Lipinski definition) is 5. The first kappa shape index (κ1) is 18.4. The molecule has 6 heteroatoms. The van der Waals surface area contributed by atoms with Crippen molar-refractivity contribution in [2.45, 2.75) is 12.8 Å². The van der Waals surface area contributed by atoms with Crippen molar-refractivity contribution >= 4 is 23.0 Å². The fourth-order valence-corrected chi connectivity index (χ4v) is 2.68. The summed E-state index contributed by atoms with van der Waals surface area (Å²) in [4.78, 5) is 16.4. The molecule has 0 radical (unpaired) electrons. The molecular weight excluding hydrogens is 342 g/mol. The van der Waals surface area contributed by atoms with E-state index in [-0.39, 0.29) is 5.91 Å². The van der Waals surface area contributed by atoms with Crippen molar-refractivity contribution < 1.29 is 14.3 Å². The number of carbonyl (C=O) groups excluding carboxylic acids is 1. The molecule has 2 aromatic carbocycles. The van der Waals surface area contributed by atoms with Gasteiger partial charge < -0.3 is 9.47 Å². The van der Waals surface area contributed by atoms with E-state index in [9.17, 15) is 4.79 Å². The molecule has 0 atom stereocenters. The molecule has 0 aliphatic carbocycles. The summed E-state index contributed by atoms with van der Waals surface area (Å²) < 4.78 is 10.4. The molecule has 1 aromatic heterocycles. The second kappa shape index (κ2) is 8.80. The standard InChI is InChI=1S/C21H21N3O3/c1-26-19-9-7-16(12-20(19)27-2)14-23-24-21(25)10-8-15-11-17-5-3-4-6-18(17)22-13-15/h3-7,9,11-14H,8,10H2,1-2H3,(H,24,25)/b23-14-. The van der Waals surface area contributed by atoms with Crippen LogP contribution in [0.5, 0.6) is 11.5 Å². The van der Waals surface area contributed by atoms with Gasteiger partial charge in [-0.2, -0.15) is 5.10 Å². The molecule has 1 heterocycles. The molecule has 1 amide bonds. The predicted octanol–water partition coefficient (Wildman–Crippen LogP) is 3.33. The largest absolute Gasteiger partial charge is 0.493 e. The van der Waals surface area contributed by atoms with E-state index >= 15 is 0 Å². The first-order valence-corrected chi connectivity index (χ1v) is 8.57. The minimum atomic E-state index is -0.153. The Morgan fingerprint density at radius 2 is 1.93 bits per heavy atom. The third kappa shape index (κ3) is 4.82. The third-order valence-electron chi connectivity index (χ3n) is 4.10.